The molecule has 1 amide bonds. The Hall–Kier alpha value is -4.53. The molecule has 2 N–H and O–H groups in total. The molecule has 0 saturated carbocycles. The molecule has 0 aliphatic carbocycles. The predicted octanol–water partition coefficient (Wildman–Crippen LogP) is 6.53. The number of anilines is 1. The Morgan fingerprint density at radius 2 is 1.61 bits per heavy atom. The average molecular weight is 492 g/mol. The number of rotatable bonds is 7. The zero-order valence-electron chi connectivity index (χ0n) is 19.4. The van der Waals surface area contributed by atoms with Gasteiger partial charge in [0.25, 0.3) is 0 Å². The van der Waals surface area contributed by atoms with E-state index >= 15 is 0 Å². The lowest BCUT2D eigenvalue weighted by Gasteiger charge is -2.15. The van der Waals surface area contributed by atoms with E-state index in [1.54, 1.807) is 19.1 Å². The van der Waals surface area contributed by atoms with Gasteiger partial charge in [0.05, 0.1) is 6.42 Å². The molecule has 3 aromatic carbocycles. The molecule has 4 rings (SSSR count). The van der Waals surface area contributed by atoms with Gasteiger partial charge in [-0.05, 0) is 42.7 Å². The number of nitrogens with zero attached hydrogens (tertiary/aromatic N) is 1. The molecule has 1 unspecified atom stereocenters. The minimum Gasteiger partial charge on any atom is -0.481 e. The summed E-state index contributed by atoms with van der Waals surface area (Å²) in [5.74, 6) is -2.08. The fraction of sp³-hybridized carbons (Fsp3) is 0.148. The molecule has 1 atom stereocenters. The second-order valence-electron chi connectivity index (χ2n) is 8.15. The van der Waals surface area contributed by atoms with Crippen molar-refractivity contribution >= 4 is 17.7 Å². The number of hydrogen-bond donors (Lipinski definition) is 2. The maximum absolute atomic E-state index is 14.0. The van der Waals surface area contributed by atoms with E-state index in [1.165, 1.54) is 13.0 Å². The Kier molecular flexibility index (Phi) is 7.10. The average Bonchev–Trinajstić information content (AvgIpc) is 3.19. The summed E-state index contributed by atoms with van der Waals surface area (Å²) >= 11 is 0. The Morgan fingerprint density at radius 3 is 2.22 bits per heavy atom. The van der Waals surface area contributed by atoms with Crippen LogP contribution in [-0.4, -0.2) is 22.3 Å². The summed E-state index contributed by atoms with van der Waals surface area (Å²) in [5.41, 5.74) is 3.93. The van der Waals surface area contributed by atoms with Crippen LogP contribution in [0.5, 0.6) is 0 Å². The van der Waals surface area contributed by atoms with Crippen LogP contribution in [0, 0.1) is 18.6 Å². The van der Waals surface area contributed by atoms with Crippen LogP contribution in [0.15, 0.2) is 71.3 Å². The molecule has 4 aromatic rings. The quantitative estimate of drug-likeness (QED) is 0.304. The normalized spacial score (nSPS) is 11.7. The molecule has 9 heteroatoms. The third kappa shape index (κ3) is 5.57. The summed E-state index contributed by atoms with van der Waals surface area (Å²) in [7, 11) is 0. The number of aliphatic carboxylic acids is 1. The first-order valence-corrected chi connectivity index (χ1v) is 11.0. The minimum atomic E-state index is -0.963. The number of carbonyl (C=O) groups is 2. The van der Waals surface area contributed by atoms with Crippen molar-refractivity contribution in [2.24, 2.45) is 0 Å². The van der Waals surface area contributed by atoms with E-state index in [4.69, 9.17) is 14.4 Å². The fourth-order valence-corrected chi connectivity index (χ4v) is 3.71. The van der Waals surface area contributed by atoms with E-state index in [0.29, 0.717) is 28.3 Å². The van der Waals surface area contributed by atoms with Crippen LogP contribution in [-0.2, 0) is 16.0 Å². The van der Waals surface area contributed by atoms with Gasteiger partial charge in [-0.1, -0.05) is 53.7 Å². The third-order valence-corrected chi connectivity index (χ3v) is 5.58. The van der Waals surface area contributed by atoms with Crippen molar-refractivity contribution in [1.29, 1.82) is 0 Å². The van der Waals surface area contributed by atoms with E-state index in [-0.39, 0.29) is 12.0 Å². The summed E-state index contributed by atoms with van der Waals surface area (Å²) in [5, 5.41) is 15.5. The lowest BCUT2D eigenvalue weighted by atomic mass is 10.0. The largest absolute Gasteiger partial charge is 0.481 e. The monoisotopic (exact) mass is 492 g/mol. The van der Waals surface area contributed by atoms with Gasteiger partial charge in [-0.2, -0.15) is 0 Å². The topological polar surface area (TPSA) is 102 Å². The van der Waals surface area contributed by atoms with Gasteiger partial charge < -0.3 is 14.4 Å². The number of hydrogen-bond acceptors (Lipinski definition) is 5. The summed E-state index contributed by atoms with van der Waals surface area (Å²) in [6.45, 7) is 3.10. The minimum absolute atomic E-state index is 0.0411. The van der Waals surface area contributed by atoms with Crippen LogP contribution in [0.4, 0.5) is 19.3 Å². The van der Waals surface area contributed by atoms with Crippen LogP contribution in [0.3, 0.4) is 0 Å². The highest BCUT2D eigenvalue weighted by molar-refractivity contribution is 5.91. The van der Waals surface area contributed by atoms with Crippen LogP contribution < -0.4 is 5.32 Å². The van der Waals surface area contributed by atoms with Crippen LogP contribution in [0.2, 0.25) is 0 Å². The molecule has 0 bridgehead atoms. The molecule has 0 aliphatic rings. The van der Waals surface area contributed by atoms with E-state index in [1.807, 2.05) is 36.4 Å². The third-order valence-electron chi connectivity index (χ3n) is 5.58. The lowest BCUT2D eigenvalue weighted by molar-refractivity contribution is -0.136. The first-order chi connectivity index (χ1) is 17.2. The highest BCUT2D eigenvalue weighted by Gasteiger charge is 2.21. The maximum Gasteiger partial charge on any atom is 0.412 e. The predicted molar refractivity (Wildman–Crippen MR) is 128 cm³/mol. The number of nitrogens with one attached hydrogen (secondary N) is 1. The molecule has 7 nitrogen and oxygen atoms in total. The smallest absolute Gasteiger partial charge is 0.412 e. The number of amides is 1. The summed E-state index contributed by atoms with van der Waals surface area (Å²) < 4.78 is 37.7. The first kappa shape index (κ1) is 24.6. The molecule has 184 valence electrons. The number of carboxylic acid groups (broad SMARTS) is 1. The number of aryl methyl sites for hydroxylation is 1. The zero-order chi connectivity index (χ0) is 25.8. The number of carboxylic acids is 1. The van der Waals surface area contributed by atoms with Crippen molar-refractivity contribution in [1.82, 2.24) is 5.16 Å². The molecule has 1 aromatic heterocycles. The van der Waals surface area contributed by atoms with Crippen LogP contribution >= 0.6 is 0 Å². The second kappa shape index (κ2) is 10.4. The number of ether oxygens (including phenoxy) is 1. The fourth-order valence-electron chi connectivity index (χ4n) is 3.71. The molecular formula is C27H22F2N2O5. The van der Waals surface area contributed by atoms with Gasteiger partial charge in [-0.15, -0.1) is 0 Å². The Morgan fingerprint density at radius 1 is 1.00 bits per heavy atom. The van der Waals surface area contributed by atoms with Crippen molar-refractivity contribution in [2.75, 3.05) is 5.32 Å². The Bertz CT molecular complexity index is 1400. The van der Waals surface area contributed by atoms with Crippen LogP contribution in [0.25, 0.3) is 22.4 Å². The van der Waals surface area contributed by atoms with Gasteiger partial charge >= 0.3 is 12.1 Å². The summed E-state index contributed by atoms with van der Waals surface area (Å²) in [4.78, 5) is 23.4. The lowest BCUT2D eigenvalue weighted by Crippen LogP contribution is -2.17. The summed E-state index contributed by atoms with van der Waals surface area (Å²) in [6, 6.07) is 17.6. The zero-order valence-corrected chi connectivity index (χ0v) is 19.4. The van der Waals surface area contributed by atoms with Crippen LogP contribution in [0.1, 0.15) is 29.9 Å². The molecule has 0 radical (unpaired) electrons. The van der Waals surface area contributed by atoms with Gasteiger partial charge in [0.1, 0.15) is 29.1 Å². The number of halogens is 2. The van der Waals surface area contributed by atoms with Gasteiger partial charge in [0.15, 0.2) is 5.76 Å². The molecular weight excluding hydrogens is 470 g/mol. The van der Waals surface area contributed by atoms with E-state index in [9.17, 15) is 18.4 Å². The van der Waals surface area contributed by atoms with Crippen molar-refractivity contribution in [3.05, 3.63) is 95.3 Å². The van der Waals surface area contributed by atoms with E-state index < -0.39 is 29.8 Å². The Balaban J connectivity index is 1.48. The van der Waals surface area contributed by atoms with E-state index in [2.05, 4.69) is 10.5 Å². The first-order valence-electron chi connectivity index (χ1n) is 11.0. The molecule has 0 aliphatic heterocycles. The van der Waals surface area contributed by atoms with Crippen molar-refractivity contribution in [2.45, 2.75) is 26.4 Å². The van der Waals surface area contributed by atoms with Gasteiger partial charge in [0.2, 0.25) is 0 Å². The SMILES string of the molecule is Cc1onc(-c2ccc(-c3ccc(CC(=O)O)cc3)cc2)c1NC(=O)OC(C)c1ccc(F)cc1F. The summed E-state index contributed by atoms with van der Waals surface area (Å²) in [6.07, 6.45) is -1.85. The number of benzene rings is 3. The highest BCUT2D eigenvalue weighted by atomic mass is 19.1. The molecule has 0 fully saturated rings. The van der Waals surface area contributed by atoms with E-state index in [0.717, 1.165) is 23.3 Å². The number of aromatic nitrogens is 1. The Labute approximate surface area is 205 Å². The van der Waals surface area contributed by atoms with Gasteiger partial charge in [-0.25, -0.2) is 13.6 Å². The van der Waals surface area contributed by atoms with Gasteiger partial charge in [-0.3, -0.25) is 10.1 Å². The standard InChI is InChI=1S/C27H22F2N2O5/c1-15(22-12-11-21(28)14-23(22)29)35-27(34)30-25-16(2)36-31-26(25)20-9-7-19(8-10-20)18-5-3-17(4-6-18)13-24(32)33/h3-12,14-15H,13H2,1-2H3,(H,30,34)(H,32,33). The van der Waals surface area contributed by atoms with Gasteiger partial charge in [0, 0.05) is 17.2 Å². The van der Waals surface area contributed by atoms with Crippen molar-refractivity contribution in [3.8, 4) is 22.4 Å². The molecule has 0 saturated heterocycles. The molecule has 0 spiro atoms. The second-order valence-corrected chi connectivity index (χ2v) is 8.15. The molecule has 1 heterocycles. The number of carbonyl (C=O) groups excluding carboxylic acids is 1. The van der Waals surface area contributed by atoms with Crippen molar-refractivity contribution in [3.63, 3.8) is 0 Å². The molecule has 36 heavy (non-hydrogen) atoms. The maximum atomic E-state index is 14.0. The highest BCUT2D eigenvalue weighted by Crippen LogP contribution is 2.32. The van der Waals surface area contributed by atoms with Crippen molar-refractivity contribution < 1.29 is 32.7 Å².